The fourth-order valence-corrected chi connectivity index (χ4v) is 4.85. The van der Waals surface area contributed by atoms with E-state index in [9.17, 15) is 0 Å². The lowest BCUT2D eigenvalue weighted by atomic mass is 9.97. The Morgan fingerprint density at radius 2 is 2.24 bits per heavy atom. The summed E-state index contributed by atoms with van der Waals surface area (Å²) in [5.74, 6) is 1.51. The molecule has 2 unspecified atom stereocenters. The van der Waals surface area contributed by atoms with Crippen LogP contribution in [-0.4, -0.2) is 50.1 Å². The minimum absolute atomic E-state index is 0.0814. The van der Waals surface area contributed by atoms with Gasteiger partial charge in [0, 0.05) is 31.2 Å². The van der Waals surface area contributed by atoms with Crippen molar-refractivity contribution < 1.29 is 9.47 Å². The van der Waals surface area contributed by atoms with E-state index in [1.54, 1.807) is 31.3 Å². The predicted octanol–water partition coefficient (Wildman–Crippen LogP) is 4.09. The van der Waals surface area contributed by atoms with E-state index in [0.29, 0.717) is 12.0 Å². The molecule has 34 heavy (non-hydrogen) atoms. The number of rotatable bonds is 9. The van der Waals surface area contributed by atoms with Gasteiger partial charge in [-0.3, -0.25) is 9.47 Å². The molecule has 0 radical (unpaired) electrons. The molecule has 1 N–H and O–H groups in total. The maximum absolute atomic E-state index is 5.77. The van der Waals surface area contributed by atoms with E-state index in [2.05, 4.69) is 44.5 Å². The molecule has 5 rings (SSSR count). The molecular weight excluding hydrogens is 428 g/mol. The Bertz CT molecular complexity index is 1090. The highest BCUT2D eigenvalue weighted by Gasteiger charge is 2.28. The summed E-state index contributed by atoms with van der Waals surface area (Å²) in [7, 11) is 0. The van der Waals surface area contributed by atoms with Gasteiger partial charge in [-0.25, -0.2) is 15.0 Å². The second-order valence-corrected chi connectivity index (χ2v) is 8.95. The largest absolute Gasteiger partial charge is 0.466 e. The van der Waals surface area contributed by atoms with Crippen LogP contribution in [-0.2, 0) is 9.47 Å². The van der Waals surface area contributed by atoms with Gasteiger partial charge in [-0.05, 0) is 51.6 Å². The van der Waals surface area contributed by atoms with Gasteiger partial charge in [0.15, 0.2) is 5.76 Å². The fraction of sp³-hybridized carbons (Fsp3) is 0.423. The first kappa shape index (κ1) is 22.6. The maximum Gasteiger partial charge on any atom is 0.235 e. The van der Waals surface area contributed by atoms with Gasteiger partial charge in [0.2, 0.25) is 5.95 Å². The fourth-order valence-electron chi connectivity index (χ4n) is 4.85. The molecule has 8 nitrogen and oxygen atoms in total. The first-order chi connectivity index (χ1) is 16.8. The number of nitrogens with one attached hydrogen (secondary N) is 1. The van der Waals surface area contributed by atoms with Gasteiger partial charge in [-0.15, -0.1) is 0 Å². The van der Waals surface area contributed by atoms with Crippen LogP contribution in [0.4, 0.5) is 0 Å². The Hall–Kier alpha value is -3.23. The van der Waals surface area contributed by atoms with Crippen LogP contribution in [0, 0.1) is 6.92 Å². The molecule has 0 amide bonds. The van der Waals surface area contributed by atoms with Gasteiger partial charge < -0.3 is 14.8 Å². The van der Waals surface area contributed by atoms with E-state index in [1.165, 1.54) is 12.0 Å². The first-order valence-electron chi connectivity index (χ1n) is 12.1. The smallest absolute Gasteiger partial charge is 0.235 e. The molecule has 1 saturated heterocycles. The van der Waals surface area contributed by atoms with Crippen LogP contribution >= 0.6 is 0 Å². The normalized spacial score (nSPS) is 21.0. The summed E-state index contributed by atoms with van der Waals surface area (Å²) in [6.07, 6.45) is 22.2. The summed E-state index contributed by atoms with van der Waals surface area (Å²) in [5, 5.41) is 3.72. The maximum atomic E-state index is 5.77. The van der Waals surface area contributed by atoms with E-state index in [1.807, 2.05) is 17.7 Å². The van der Waals surface area contributed by atoms with E-state index in [-0.39, 0.29) is 6.04 Å². The van der Waals surface area contributed by atoms with Crippen molar-refractivity contribution in [2.45, 2.75) is 51.1 Å². The zero-order valence-electron chi connectivity index (χ0n) is 19.6. The average molecular weight is 461 g/mol. The van der Waals surface area contributed by atoms with Crippen LogP contribution in [0.2, 0.25) is 0 Å². The van der Waals surface area contributed by atoms with E-state index < -0.39 is 0 Å². The van der Waals surface area contributed by atoms with E-state index in [4.69, 9.17) is 14.5 Å². The lowest BCUT2D eigenvalue weighted by Gasteiger charge is -2.27. The number of allylic oxidation sites excluding steroid dienone is 3. The van der Waals surface area contributed by atoms with E-state index in [0.717, 1.165) is 62.5 Å². The second kappa shape index (κ2) is 10.8. The molecule has 3 aliphatic rings. The Labute approximate surface area is 200 Å². The van der Waals surface area contributed by atoms with Crippen molar-refractivity contribution in [1.29, 1.82) is 0 Å². The summed E-state index contributed by atoms with van der Waals surface area (Å²) in [4.78, 5) is 16.1. The molecular formula is C26H32N6O2. The predicted molar refractivity (Wildman–Crippen MR) is 130 cm³/mol. The molecule has 1 aliphatic carbocycles. The molecule has 8 heteroatoms. The number of imidazole rings is 1. The highest BCUT2D eigenvalue weighted by Crippen LogP contribution is 2.31. The standard InChI is InChI=1S/C26H32N6O2/c1-20-16-22(30-26(29-20)32-12-9-27-19-32)24-8-5-11-31(24)13-10-28-23(25-18-33-14-15-34-25)17-21-6-3-2-4-7-21/h2-3,6,9,12,14-16,18-19,23-24,28H,4-5,7-8,10-11,13,17H2,1H3. The second-order valence-electron chi connectivity index (χ2n) is 8.95. The summed E-state index contributed by atoms with van der Waals surface area (Å²) in [6.45, 7) is 4.89. The average Bonchev–Trinajstić information content (AvgIpc) is 3.57. The van der Waals surface area contributed by atoms with Crippen molar-refractivity contribution in [2.24, 2.45) is 0 Å². The molecule has 2 aliphatic heterocycles. The molecule has 2 atom stereocenters. The van der Waals surface area contributed by atoms with Gasteiger partial charge in [0.1, 0.15) is 25.1 Å². The molecule has 0 spiro atoms. The minimum Gasteiger partial charge on any atom is -0.466 e. The summed E-state index contributed by atoms with van der Waals surface area (Å²) >= 11 is 0. The van der Waals surface area contributed by atoms with Gasteiger partial charge in [0.05, 0.1) is 17.8 Å². The van der Waals surface area contributed by atoms with Crippen molar-refractivity contribution in [1.82, 2.24) is 29.7 Å². The third kappa shape index (κ3) is 5.46. The topological polar surface area (TPSA) is 77.3 Å². The first-order valence-corrected chi connectivity index (χ1v) is 12.1. The minimum atomic E-state index is 0.0814. The van der Waals surface area contributed by atoms with Crippen LogP contribution in [0.15, 0.2) is 73.1 Å². The van der Waals surface area contributed by atoms with Crippen LogP contribution in [0.3, 0.4) is 0 Å². The molecule has 0 aromatic carbocycles. The van der Waals surface area contributed by atoms with Crippen molar-refractivity contribution in [3.63, 3.8) is 0 Å². The Morgan fingerprint density at radius 1 is 1.26 bits per heavy atom. The van der Waals surface area contributed by atoms with Crippen LogP contribution < -0.4 is 5.32 Å². The highest BCUT2D eigenvalue weighted by molar-refractivity contribution is 5.23. The summed E-state index contributed by atoms with van der Waals surface area (Å²) in [5.41, 5.74) is 3.49. The lowest BCUT2D eigenvalue weighted by molar-refractivity contribution is 0.215. The number of aromatic nitrogens is 4. The number of hydrogen-bond donors (Lipinski definition) is 1. The van der Waals surface area contributed by atoms with Crippen LogP contribution in [0.5, 0.6) is 0 Å². The number of hydrogen-bond acceptors (Lipinski definition) is 7. The van der Waals surface area contributed by atoms with Gasteiger partial charge >= 0.3 is 0 Å². The number of aryl methyl sites for hydroxylation is 1. The SMILES string of the molecule is Cc1cc(C2CCCN2CCNC(CC2=CC=CCC2)C2=COC=CO2)nc(-n2ccnc2)n1. The number of ether oxygens (including phenoxy) is 2. The van der Waals surface area contributed by atoms with Crippen LogP contribution in [0.25, 0.3) is 5.95 Å². The quantitative estimate of drug-likeness (QED) is 0.604. The third-order valence-electron chi connectivity index (χ3n) is 6.52. The van der Waals surface area contributed by atoms with Crippen molar-refractivity contribution in [3.8, 4) is 5.95 Å². The van der Waals surface area contributed by atoms with Gasteiger partial charge in [-0.1, -0.05) is 23.8 Å². The highest BCUT2D eigenvalue weighted by atomic mass is 16.5. The zero-order chi connectivity index (χ0) is 23.2. The van der Waals surface area contributed by atoms with Crippen LogP contribution in [0.1, 0.15) is 49.5 Å². The Morgan fingerprint density at radius 3 is 3.03 bits per heavy atom. The molecule has 4 heterocycles. The van der Waals surface area contributed by atoms with E-state index >= 15 is 0 Å². The monoisotopic (exact) mass is 460 g/mol. The van der Waals surface area contributed by atoms with Crippen molar-refractivity contribution in [2.75, 3.05) is 19.6 Å². The summed E-state index contributed by atoms with van der Waals surface area (Å²) < 4.78 is 13.0. The molecule has 0 bridgehead atoms. The van der Waals surface area contributed by atoms with Gasteiger partial charge in [-0.2, -0.15) is 0 Å². The molecule has 0 saturated carbocycles. The zero-order valence-corrected chi connectivity index (χ0v) is 19.6. The molecule has 1 fully saturated rings. The Kier molecular flexibility index (Phi) is 7.16. The van der Waals surface area contributed by atoms with Crippen molar-refractivity contribution in [3.05, 3.63) is 84.5 Å². The molecule has 2 aromatic heterocycles. The lowest BCUT2D eigenvalue weighted by Crippen LogP contribution is -2.39. The number of nitrogens with zero attached hydrogens (tertiary/aromatic N) is 5. The molecule has 178 valence electrons. The van der Waals surface area contributed by atoms with Crippen molar-refractivity contribution >= 4 is 0 Å². The van der Waals surface area contributed by atoms with Gasteiger partial charge in [0.25, 0.3) is 0 Å². The Balaban J connectivity index is 1.24. The molecule has 2 aromatic rings. The third-order valence-corrected chi connectivity index (χ3v) is 6.52. The number of likely N-dealkylation sites (tertiary alicyclic amines) is 1. The summed E-state index contributed by atoms with van der Waals surface area (Å²) in [6, 6.07) is 2.50.